The zero-order valence-corrected chi connectivity index (χ0v) is 16.4. The molecule has 1 aliphatic rings. The van der Waals surface area contributed by atoms with Crippen molar-refractivity contribution in [1.29, 1.82) is 0 Å². The van der Waals surface area contributed by atoms with E-state index in [0.717, 1.165) is 0 Å². The number of carbonyl (C=O) groups excluding carboxylic acids is 1. The molecule has 1 saturated carbocycles. The van der Waals surface area contributed by atoms with Crippen molar-refractivity contribution in [3.8, 4) is 0 Å². The molecule has 0 heterocycles. The average molecular weight is 461 g/mol. The van der Waals surface area contributed by atoms with E-state index in [4.69, 9.17) is 0 Å². The van der Waals surface area contributed by atoms with Crippen molar-refractivity contribution in [2.24, 2.45) is 5.92 Å². The molecule has 1 fully saturated rings. The van der Waals surface area contributed by atoms with Gasteiger partial charge in [-0.15, -0.1) is 6.04 Å². The monoisotopic (exact) mass is 461 g/mol. The van der Waals surface area contributed by atoms with Gasteiger partial charge in [-0.05, 0) is 0 Å². The molecule has 0 saturated heterocycles. The van der Waals surface area contributed by atoms with E-state index in [1.165, 1.54) is 30.6 Å². The molecule has 3 nitrogen and oxygen atoms in total. The fourth-order valence-corrected chi connectivity index (χ4v) is 1.40. The first-order chi connectivity index (χ1) is 6.97. The van der Waals surface area contributed by atoms with E-state index in [0.29, 0.717) is 12.0 Å². The minimum atomic E-state index is -0.157. The van der Waals surface area contributed by atoms with Crippen LogP contribution in [0, 0.1) is 27.2 Å². The van der Waals surface area contributed by atoms with Gasteiger partial charge < -0.3 is 36.3 Å². The van der Waals surface area contributed by atoms with E-state index >= 15 is 0 Å². The minimum absolute atomic E-state index is 0. The van der Waals surface area contributed by atoms with Gasteiger partial charge in [-0.2, -0.15) is 13.0 Å². The van der Waals surface area contributed by atoms with Crippen LogP contribution in [0.3, 0.4) is 0 Å². The Morgan fingerprint density at radius 1 is 1.22 bits per heavy atom. The van der Waals surface area contributed by atoms with Crippen LogP contribution < -0.4 is 0 Å². The van der Waals surface area contributed by atoms with Crippen molar-refractivity contribution in [3.05, 3.63) is 26.6 Å². The molecule has 0 unspecified atom stereocenters. The van der Waals surface area contributed by atoms with Crippen LogP contribution in [0.1, 0.15) is 25.7 Å². The summed E-state index contributed by atoms with van der Waals surface area (Å²) in [4.78, 5) is 11.4. The molecule has 1 aliphatic carbocycles. The minimum Gasteiger partial charge on any atom is -0.662 e. The second kappa shape index (κ2) is 15.6. The van der Waals surface area contributed by atoms with Gasteiger partial charge in [0.1, 0.15) is 0 Å². The Bertz CT molecular complexity index is 184. The summed E-state index contributed by atoms with van der Waals surface area (Å²) in [5.41, 5.74) is 0. The standard InChI is InChI=1S/C8H15N.C4H8NO.CH3.V.W/c1-7-3-5-8(9-2)6-4-7;1-4(6)5(2)3;;;/h7-8H,1,3-6H2,2H3;1H2,2-3H3;1H3;;/q-2;2*-1;2*+2. The molecule has 0 aliphatic heterocycles. The summed E-state index contributed by atoms with van der Waals surface area (Å²) in [6.07, 6.45) is 5.10. The molecule has 0 bridgehead atoms. The summed E-state index contributed by atoms with van der Waals surface area (Å²) in [6, 6.07) is 0.656. The van der Waals surface area contributed by atoms with Crippen molar-refractivity contribution in [2.75, 3.05) is 21.1 Å². The molecule has 0 aromatic heterocycles. The molecule has 0 spiro atoms. The molecular formula is C13H26N2OVW. The number of amides is 1. The predicted molar refractivity (Wildman–Crippen MR) is 70.9 cm³/mol. The molecule has 0 N–H and O–H groups in total. The van der Waals surface area contributed by atoms with Crippen molar-refractivity contribution >= 4 is 5.91 Å². The Balaban J connectivity index is -0.0000000992. The van der Waals surface area contributed by atoms with E-state index in [-0.39, 0.29) is 53.0 Å². The molecule has 18 heavy (non-hydrogen) atoms. The smallest absolute Gasteiger partial charge is 0.662 e. The van der Waals surface area contributed by atoms with Crippen LogP contribution in [0.25, 0.3) is 5.32 Å². The van der Waals surface area contributed by atoms with E-state index in [1.54, 1.807) is 14.1 Å². The molecule has 0 aromatic carbocycles. The fourth-order valence-electron chi connectivity index (χ4n) is 1.40. The molecule has 5 heteroatoms. The topological polar surface area (TPSA) is 34.4 Å². The summed E-state index contributed by atoms with van der Waals surface area (Å²) in [7, 11) is 5.25. The maximum absolute atomic E-state index is 9.96. The van der Waals surface area contributed by atoms with Crippen molar-refractivity contribution in [3.63, 3.8) is 0 Å². The van der Waals surface area contributed by atoms with Crippen LogP contribution in [-0.2, 0) is 44.4 Å². The van der Waals surface area contributed by atoms with Gasteiger partial charge >= 0.3 is 39.6 Å². The zero-order valence-electron chi connectivity index (χ0n) is 12.1. The van der Waals surface area contributed by atoms with E-state index in [1.807, 2.05) is 7.05 Å². The van der Waals surface area contributed by atoms with E-state index in [9.17, 15) is 4.79 Å². The first-order valence-corrected chi connectivity index (χ1v) is 5.42. The average Bonchev–Trinajstić information content (AvgIpc) is 2.20. The van der Waals surface area contributed by atoms with Gasteiger partial charge in [0.25, 0.3) is 0 Å². The van der Waals surface area contributed by atoms with Crippen LogP contribution in [0.5, 0.6) is 0 Å². The summed E-state index contributed by atoms with van der Waals surface area (Å²) >= 11 is 0. The maximum atomic E-state index is 9.96. The molecule has 1 amide bonds. The third-order valence-electron chi connectivity index (χ3n) is 2.68. The first kappa shape index (κ1) is 27.0. The van der Waals surface area contributed by atoms with Crippen molar-refractivity contribution < 1.29 is 44.4 Å². The number of rotatable bonds is 1. The largest absolute Gasteiger partial charge is 2.00 e. The molecule has 1 rings (SSSR count). The van der Waals surface area contributed by atoms with Gasteiger partial charge in [-0.3, -0.25) is 0 Å². The number of carbonyl (C=O) groups is 1. The SMILES string of the molecule is [CH2-]C(=O)N(C)C.[CH2-]C1CCC([N-]C)CC1.[CH3-].[V+2].[W+2]. The summed E-state index contributed by atoms with van der Waals surface area (Å²) < 4.78 is 0. The van der Waals surface area contributed by atoms with Crippen molar-refractivity contribution in [2.45, 2.75) is 31.7 Å². The fraction of sp³-hybridized carbons (Fsp3) is 0.692. The Morgan fingerprint density at radius 2 is 1.56 bits per heavy atom. The summed E-state index contributed by atoms with van der Waals surface area (Å²) in [5, 5.41) is 4.25. The second-order valence-corrected chi connectivity index (χ2v) is 4.22. The molecular weight excluding hydrogens is 435 g/mol. The second-order valence-electron chi connectivity index (χ2n) is 4.22. The van der Waals surface area contributed by atoms with E-state index in [2.05, 4.69) is 19.2 Å². The molecule has 0 aromatic rings. The van der Waals surface area contributed by atoms with Crippen LogP contribution in [0.2, 0.25) is 0 Å². The van der Waals surface area contributed by atoms with E-state index < -0.39 is 0 Å². The summed E-state index contributed by atoms with van der Waals surface area (Å²) in [6.45, 7) is 7.15. The van der Waals surface area contributed by atoms with Gasteiger partial charge in [0.2, 0.25) is 0 Å². The van der Waals surface area contributed by atoms with Crippen LogP contribution in [-0.4, -0.2) is 38.0 Å². The third-order valence-corrected chi connectivity index (χ3v) is 2.68. The van der Waals surface area contributed by atoms with Gasteiger partial charge in [-0.1, -0.05) is 25.7 Å². The quantitative estimate of drug-likeness (QED) is 0.554. The first-order valence-electron chi connectivity index (χ1n) is 5.42. The Hall–Kier alpha value is 0.573. The Kier molecular flexibility index (Phi) is 23.5. The molecule has 1 radical (unpaired) electrons. The normalized spacial score (nSPS) is 20.9. The summed E-state index contributed by atoms with van der Waals surface area (Å²) in [5.74, 6) is 0.554. The van der Waals surface area contributed by atoms with Crippen LogP contribution in [0.4, 0.5) is 0 Å². The Labute approximate surface area is 140 Å². The molecule has 105 valence electrons. The number of hydrogen-bond acceptors (Lipinski definition) is 1. The van der Waals surface area contributed by atoms with Gasteiger partial charge in [-0.25, -0.2) is 0 Å². The van der Waals surface area contributed by atoms with Crippen LogP contribution in [0.15, 0.2) is 0 Å². The molecule has 0 atom stereocenters. The zero-order chi connectivity index (χ0) is 11.8. The maximum Gasteiger partial charge on any atom is 2.00 e. The number of nitrogens with zero attached hydrogens (tertiary/aromatic N) is 2. The van der Waals surface area contributed by atoms with Gasteiger partial charge in [0.05, 0.1) is 5.91 Å². The van der Waals surface area contributed by atoms with Gasteiger partial charge in [0, 0.05) is 14.1 Å². The van der Waals surface area contributed by atoms with Crippen LogP contribution >= 0.6 is 0 Å². The predicted octanol–water partition coefficient (Wildman–Crippen LogP) is 2.74. The van der Waals surface area contributed by atoms with Crippen molar-refractivity contribution in [1.82, 2.24) is 4.90 Å². The third kappa shape index (κ3) is 14.6. The number of hydrogen-bond donors (Lipinski definition) is 0. The Morgan fingerprint density at radius 3 is 1.78 bits per heavy atom. The van der Waals surface area contributed by atoms with Gasteiger partial charge in [0.15, 0.2) is 0 Å².